The van der Waals surface area contributed by atoms with Gasteiger partial charge in [-0.25, -0.2) is 4.98 Å². The maximum Gasteiger partial charge on any atom is 0.152 e. The quantitative estimate of drug-likeness (QED) is 0.835. The molecule has 0 amide bonds. The zero-order chi connectivity index (χ0) is 13.0. The van der Waals surface area contributed by atoms with Crippen LogP contribution in [0.1, 0.15) is 31.2 Å². The smallest absolute Gasteiger partial charge is 0.152 e. The lowest BCUT2D eigenvalue weighted by molar-refractivity contribution is 0.279. The summed E-state index contributed by atoms with van der Waals surface area (Å²) in [6, 6.07) is 4.11. The van der Waals surface area contributed by atoms with Crippen molar-refractivity contribution in [3.63, 3.8) is 0 Å². The average molecular weight is 246 g/mol. The molecule has 0 bridgehead atoms. The molecule has 1 fully saturated rings. The van der Waals surface area contributed by atoms with E-state index in [4.69, 9.17) is 16.1 Å². The van der Waals surface area contributed by atoms with Gasteiger partial charge in [0.1, 0.15) is 6.07 Å². The van der Waals surface area contributed by atoms with Crippen molar-refractivity contribution in [3.8, 4) is 6.07 Å². The minimum Gasteiger partial charge on any atom is -0.396 e. The van der Waals surface area contributed by atoms with E-state index in [9.17, 15) is 0 Å². The third-order valence-electron chi connectivity index (χ3n) is 3.37. The largest absolute Gasteiger partial charge is 0.396 e. The molecular formula is C13H18N4O. The summed E-state index contributed by atoms with van der Waals surface area (Å²) in [7, 11) is 0. The van der Waals surface area contributed by atoms with Crippen LogP contribution in [-0.4, -0.2) is 29.3 Å². The first-order valence-electron chi connectivity index (χ1n) is 6.29. The van der Waals surface area contributed by atoms with Gasteiger partial charge < -0.3 is 15.7 Å². The number of hydrogen-bond donors (Lipinski definition) is 2. The number of rotatable bonds is 4. The van der Waals surface area contributed by atoms with Gasteiger partial charge in [0.15, 0.2) is 5.82 Å². The molecular weight excluding hydrogens is 228 g/mol. The third kappa shape index (κ3) is 2.54. The highest BCUT2D eigenvalue weighted by molar-refractivity contribution is 5.65. The van der Waals surface area contributed by atoms with Crippen molar-refractivity contribution in [1.82, 2.24) is 4.98 Å². The molecule has 2 heterocycles. The maximum atomic E-state index is 8.91. The van der Waals surface area contributed by atoms with E-state index in [0.717, 1.165) is 38.0 Å². The lowest BCUT2D eigenvalue weighted by atomic mass is 10.1. The zero-order valence-electron chi connectivity index (χ0n) is 10.3. The number of hydrogen-bond acceptors (Lipinski definition) is 5. The Morgan fingerprint density at radius 1 is 1.61 bits per heavy atom. The summed E-state index contributed by atoms with van der Waals surface area (Å²) < 4.78 is 0. The topological polar surface area (TPSA) is 86.2 Å². The zero-order valence-corrected chi connectivity index (χ0v) is 10.3. The van der Waals surface area contributed by atoms with Crippen LogP contribution < -0.4 is 10.6 Å². The van der Waals surface area contributed by atoms with Crippen molar-refractivity contribution < 1.29 is 5.11 Å². The summed E-state index contributed by atoms with van der Waals surface area (Å²) in [5.41, 5.74) is 7.01. The third-order valence-corrected chi connectivity index (χ3v) is 3.37. The Morgan fingerprint density at radius 2 is 2.44 bits per heavy atom. The van der Waals surface area contributed by atoms with Crippen molar-refractivity contribution in [3.05, 3.63) is 17.8 Å². The molecule has 1 unspecified atom stereocenters. The lowest BCUT2D eigenvalue weighted by Crippen LogP contribution is -2.30. The monoisotopic (exact) mass is 246 g/mol. The van der Waals surface area contributed by atoms with Crippen LogP contribution in [0, 0.1) is 11.3 Å². The molecule has 0 spiro atoms. The normalized spacial score (nSPS) is 18.9. The number of anilines is 2. The Balaban J connectivity index is 2.17. The molecule has 1 aromatic heterocycles. The fourth-order valence-corrected chi connectivity index (χ4v) is 2.52. The molecule has 3 N–H and O–H groups in total. The molecule has 1 aromatic rings. The average Bonchev–Trinajstić information content (AvgIpc) is 2.84. The fraction of sp³-hybridized carbons (Fsp3) is 0.538. The van der Waals surface area contributed by atoms with Gasteiger partial charge in [-0.2, -0.15) is 5.26 Å². The van der Waals surface area contributed by atoms with Crippen LogP contribution in [0.5, 0.6) is 0 Å². The maximum absolute atomic E-state index is 8.91. The molecule has 5 nitrogen and oxygen atoms in total. The summed E-state index contributed by atoms with van der Waals surface area (Å²) in [5.74, 6) is 0.773. The Labute approximate surface area is 107 Å². The molecule has 0 aliphatic carbocycles. The van der Waals surface area contributed by atoms with Gasteiger partial charge in [0, 0.05) is 25.4 Å². The Bertz CT molecular complexity index is 455. The van der Waals surface area contributed by atoms with Crippen molar-refractivity contribution in [1.29, 1.82) is 5.26 Å². The molecule has 1 atom stereocenters. The highest BCUT2D eigenvalue weighted by Crippen LogP contribution is 2.30. The van der Waals surface area contributed by atoms with E-state index in [1.165, 1.54) is 0 Å². The standard InChI is InChI=1S/C13H18N4O/c14-8-10-7-12(15)13(16-9-10)17-5-1-3-11(17)4-2-6-18/h7,9,11,18H,1-6,15H2. The van der Waals surface area contributed by atoms with Crippen molar-refractivity contribution >= 4 is 11.5 Å². The van der Waals surface area contributed by atoms with E-state index in [1.807, 2.05) is 6.07 Å². The van der Waals surface area contributed by atoms with Crippen molar-refractivity contribution in [2.75, 3.05) is 23.8 Å². The molecule has 0 radical (unpaired) electrons. The molecule has 1 saturated heterocycles. The van der Waals surface area contributed by atoms with Crippen LogP contribution >= 0.6 is 0 Å². The van der Waals surface area contributed by atoms with Gasteiger partial charge in [-0.05, 0) is 31.7 Å². The highest BCUT2D eigenvalue weighted by atomic mass is 16.2. The van der Waals surface area contributed by atoms with Gasteiger partial charge >= 0.3 is 0 Å². The first kappa shape index (κ1) is 12.7. The minimum absolute atomic E-state index is 0.223. The fourth-order valence-electron chi connectivity index (χ4n) is 2.52. The van der Waals surface area contributed by atoms with E-state index < -0.39 is 0 Å². The molecule has 5 heteroatoms. The van der Waals surface area contributed by atoms with E-state index in [2.05, 4.69) is 9.88 Å². The molecule has 1 aliphatic rings. The highest BCUT2D eigenvalue weighted by Gasteiger charge is 2.26. The number of pyridine rings is 1. The van der Waals surface area contributed by atoms with Gasteiger partial charge in [0.05, 0.1) is 11.3 Å². The predicted molar refractivity (Wildman–Crippen MR) is 70.1 cm³/mol. The van der Waals surface area contributed by atoms with Crippen molar-refractivity contribution in [2.45, 2.75) is 31.7 Å². The number of nitrogen functional groups attached to an aromatic ring is 1. The summed E-state index contributed by atoms with van der Waals surface area (Å²) in [6.07, 6.45) is 5.56. The Morgan fingerprint density at radius 3 is 3.11 bits per heavy atom. The van der Waals surface area contributed by atoms with E-state index in [-0.39, 0.29) is 6.61 Å². The number of aromatic nitrogens is 1. The molecule has 18 heavy (non-hydrogen) atoms. The van der Waals surface area contributed by atoms with Crippen molar-refractivity contribution in [2.24, 2.45) is 0 Å². The second-order valence-corrected chi connectivity index (χ2v) is 4.60. The first-order valence-corrected chi connectivity index (χ1v) is 6.29. The van der Waals surface area contributed by atoms with Crippen LogP contribution in [-0.2, 0) is 0 Å². The summed E-state index contributed by atoms with van der Waals surface area (Å²) in [6.45, 7) is 1.17. The van der Waals surface area contributed by atoms with Crippen LogP contribution in [0.25, 0.3) is 0 Å². The van der Waals surface area contributed by atoms with E-state index in [1.54, 1.807) is 12.3 Å². The Hall–Kier alpha value is -1.80. The summed E-state index contributed by atoms with van der Waals surface area (Å²) in [5, 5.41) is 17.7. The molecule has 0 aromatic carbocycles. The summed E-state index contributed by atoms with van der Waals surface area (Å²) >= 11 is 0. The first-order chi connectivity index (χ1) is 8.76. The molecule has 96 valence electrons. The van der Waals surface area contributed by atoms with Gasteiger partial charge in [-0.3, -0.25) is 0 Å². The lowest BCUT2D eigenvalue weighted by Gasteiger charge is -2.26. The second kappa shape index (κ2) is 5.69. The van der Waals surface area contributed by atoms with Gasteiger partial charge in [0.25, 0.3) is 0 Å². The predicted octanol–water partition coefficient (Wildman–Crippen LogP) is 1.28. The van der Waals surface area contributed by atoms with Gasteiger partial charge in [-0.1, -0.05) is 0 Å². The van der Waals surface area contributed by atoms with Crippen LogP contribution in [0.4, 0.5) is 11.5 Å². The SMILES string of the molecule is N#Cc1cnc(N2CCCC2CCCO)c(N)c1. The van der Waals surface area contributed by atoms with Gasteiger partial charge in [-0.15, -0.1) is 0 Å². The van der Waals surface area contributed by atoms with E-state index in [0.29, 0.717) is 17.3 Å². The minimum atomic E-state index is 0.223. The van der Waals surface area contributed by atoms with Crippen LogP contribution in [0.2, 0.25) is 0 Å². The summed E-state index contributed by atoms with van der Waals surface area (Å²) in [4.78, 5) is 6.51. The Kier molecular flexibility index (Phi) is 4.00. The molecule has 2 rings (SSSR count). The number of aliphatic hydroxyl groups is 1. The number of aliphatic hydroxyl groups excluding tert-OH is 1. The van der Waals surface area contributed by atoms with Crippen LogP contribution in [0.15, 0.2) is 12.3 Å². The van der Waals surface area contributed by atoms with Gasteiger partial charge in [0.2, 0.25) is 0 Å². The number of nitrogens with two attached hydrogens (primary N) is 1. The second-order valence-electron chi connectivity index (χ2n) is 4.60. The molecule has 0 saturated carbocycles. The number of nitriles is 1. The van der Waals surface area contributed by atoms with E-state index >= 15 is 0 Å². The molecule has 1 aliphatic heterocycles. The number of nitrogens with zero attached hydrogens (tertiary/aromatic N) is 3. The van der Waals surface area contributed by atoms with Crippen LogP contribution in [0.3, 0.4) is 0 Å².